The zero-order valence-electron chi connectivity index (χ0n) is 12.7. The van der Waals surface area contributed by atoms with E-state index in [1.807, 2.05) is 6.07 Å². The Morgan fingerprint density at radius 3 is 2.00 bits per heavy atom. The molecule has 0 spiro atoms. The second kappa shape index (κ2) is 10.9. The predicted octanol–water partition coefficient (Wildman–Crippen LogP) is 5.91. The second-order valence-electron chi connectivity index (χ2n) is 5.50. The standard InChI is InChI=1S/C17H28O2S/c1-2-3-4-5-6-7-8-9-10-11-12-15-13-14-16(20-15)17(18)19/h13-14H,2-12H2,1H3,(H,18,19). The van der Waals surface area contributed by atoms with Crippen LogP contribution in [0.5, 0.6) is 0 Å². The molecule has 0 unspecified atom stereocenters. The Balaban J connectivity index is 1.93. The summed E-state index contributed by atoms with van der Waals surface area (Å²) in [5.74, 6) is -0.802. The van der Waals surface area contributed by atoms with Gasteiger partial charge in [-0.05, 0) is 25.0 Å². The maximum absolute atomic E-state index is 10.8. The number of thiophene rings is 1. The lowest BCUT2D eigenvalue weighted by Gasteiger charge is -2.01. The lowest BCUT2D eigenvalue weighted by Crippen LogP contribution is -1.89. The Bertz CT molecular complexity index is 371. The number of hydrogen-bond donors (Lipinski definition) is 1. The first-order valence-corrected chi connectivity index (χ1v) is 8.87. The summed E-state index contributed by atoms with van der Waals surface area (Å²) in [6.45, 7) is 2.26. The first-order chi connectivity index (χ1) is 9.74. The molecular weight excluding hydrogens is 268 g/mol. The molecule has 1 aromatic rings. The maximum atomic E-state index is 10.8. The van der Waals surface area contributed by atoms with Gasteiger partial charge in [0.15, 0.2) is 0 Å². The Labute approximate surface area is 127 Å². The highest BCUT2D eigenvalue weighted by atomic mass is 32.1. The molecule has 114 valence electrons. The molecule has 0 aliphatic carbocycles. The Hall–Kier alpha value is -0.830. The molecule has 1 N–H and O–H groups in total. The van der Waals surface area contributed by atoms with Crippen molar-refractivity contribution >= 4 is 17.3 Å². The molecule has 0 amide bonds. The van der Waals surface area contributed by atoms with Crippen LogP contribution >= 0.6 is 11.3 Å². The molecule has 0 bridgehead atoms. The Morgan fingerprint density at radius 1 is 0.950 bits per heavy atom. The van der Waals surface area contributed by atoms with Crippen molar-refractivity contribution in [2.75, 3.05) is 0 Å². The van der Waals surface area contributed by atoms with Crippen LogP contribution in [-0.4, -0.2) is 11.1 Å². The second-order valence-corrected chi connectivity index (χ2v) is 6.67. The third-order valence-corrected chi connectivity index (χ3v) is 4.78. The van der Waals surface area contributed by atoms with Crippen molar-refractivity contribution in [2.24, 2.45) is 0 Å². The van der Waals surface area contributed by atoms with Crippen LogP contribution in [0.2, 0.25) is 0 Å². The molecule has 0 fully saturated rings. The van der Waals surface area contributed by atoms with Gasteiger partial charge in [0.25, 0.3) is 0 Å². The summed E-state index contributed by atoms with van der Waals surface area (Å²) in [5.41, 5.74) is 0. The van der Waals surface area contributed by atoms with Gasteiger partial charge in [-0.1, -0.05) is 64.7 Å². The minimum atomic E-state index is -0.802. The van der Waals surface area contributed by atoms with Gasteiger partial charge in [0, 0.05) is 4.88 Å². The summed E-state index contributed by atoms with van der Waals surface area (Å²) in [7, 11) is 0. The largest absolute Gasteiger partial charge is 0.477 e. The fourth-order valence-electron chi connectivity index (χ4n) is 2.41. The smallest absolute Gasteiger partial charge is 0.345 e. The molecule has 0 radical (unpaired) electrons. The van der Waals surface area contributed by atoms with E-state index >= 15 is 0 Å². The third kappa shape index (κ3) is 7.68. The van der Waals surface area contributed by atoms with E-state index in [4.69, 9.17) is 5.11 Å². The van der Waals surface area contributed by atoms with Crippen LogP contribution in [-0.2, 0) is 6.42 Å². The number of rotatable bonds is 12. The van der Waals surface area contributed by atoms with Crippen molar-refractivity contribution in [1.82, 2.24) is 0 Å². The van der Waals surface area contributed by atoms with Gasteiger partial charge in [-0.3, -0.25) is 0 Å². The normalized spacial score (nSPS) is 10.8. The van der Waals surface area contributed by atoms with E-state index in [1.54, 1.807) is 6.07 Å². The molecular formula is C17H28O2S. The van der Waals surface area contributed by atoms with Gasteiger partial charge < -0.3 is 5.11 Å². The molecule has 1 heterocycles. The Kier molecular flexibility index (Phi) is 9.38. The van der Waals surface area contributed by atoms with Crippen molar-refractivity contribution in [2.45, 2.75) is 77.6 Å². The molecule has 0 saturated carbocycles. The number of carbonyl (C=O) groups is 1. The van der Waals surface area contributed by atoms with Crippen LogP contribution in [0.4, 0.5) is 0 Å². The van der Waals surface area contributed by atoms with E-state index in [0.29, 0.717) is 4.88 Å². The molecule has 3 heteroatoms. The molecule has 1 rings (SSSR count). The van der Waals surface area contributed by atoms with Crippen molar-refractivity contribution < 1.29 is 9.90 Å². The zero-order valence-corrected chi connectivity index (χ0v) is 13.5. The lowest BCUT2D eigenvalue weighted by atomic mass is 10.1. The highest BCUT2D eigenvalue weighted by Crippen LogP contribution is 2.19. The van der Waals surface area contributed by atoms with E-state index in [2.05, 4.69) is 6.92 Å². The van der Waals surface area contributed by atoms with Crippen molar-refractivity contribution in [3.8, 4) is 0 Å². The van der Waals surface area contributed by atoms with Gasteiger partial charge in [0.2, 0.25) is 0 Å². The molecule has 2 nitrogen and oxygen atoms in total. The van der Waals surface area contributed by atoms with Crippen molar-refractivity contribution in [3.63, 3.8) is 0 Å². The summed E-state index contributed by atoms with van der Waals surface area (Å²) in [4.78, 5) is 12.4. The molecule has 1 aromatic heterocycles. The number of carboxylic acid groups (broad SMARTS) is 1. The number of aryl methyl sites for hydroxylation is 1. The number of carboxylic acids is 1. The van der Waals surface area contributed by atoms with Crippen LogP contribution in [0, 0.1) is 0 Å². The summed E-state index contributed by atoms with van der Waals surface area (Å²) in [5, 5.41) is 8.85. The summed E-state index contributed by atoms with van der Waals surface area (Å²) < 4.78 is 0. The summed E-state index contributed by atoms with van der Waals surface area (Å²) in [6, 6.07) is 3.68. The highest BCUT2D eigenvalue weighted by Gasteiger charge is 2.06. The quantitative estimate of drug-likeness (QED) is 0.487. The van der Waals surface area contributed by atoms with Gasteiger partial charge in [-0.2, -0.15) is 0 Å². The molecule has 0 atom stereocenters. The molecule has 0 aliphatic rings. The zero-order chi connectivity index (χ0) is 14.6. The van der Waals surface area contributed by atoms with Crippen LogP contribution in [0.1, 0.15) is 85.7 Å². The first kappa shape index (κ1) is 17.2. The first-order valence-electron chi connectivity index (χ1n) is 8.06. The minimum Gasteiger partial charge on any atom is -0.477 e. The summed E-state index contributed by atoms with van der Waals surface area (Å²) in [6.07, 6.45) is 14.5. The number of hydrogen-bond acceptors (Lipinski definition) is 2. The van der Waals surface area contributed by atoms with Gasteiger partial charge in [-0.25, -0.2) is 4.79 Å². The van der Waals surface area contributed by atoms with Gasteiger partial charge >= 0.3 is 5.97 Å². The number of aromatic carboxylic acids is 1. The summed E-state index contributed by atoms with van der Waals surface area (Å²) >= 11 is 1.42. The van der Waals surface area contributed by atoms with E-state index in [1.165, 1.54) is 80.4 Å². The monoisotopic (exact) mass is 296 g/mol. The maximum Gasteiger partial charge on any atom is 0.345 e. The molecule has 0 aliphatic heterocycles. The third-order valence-electron chi connectivity index (χ3n) is 3.65. The average molecular weight is 296 g/mol. The fraction of sp³-hybridized carbons (Fsp3) is 0.706. The minimum absolute atomic E-state index is 0.465. The molecule has 0 aromatic carbocycles. The van der Waals surface area contributed by atoms with Crippen molar-refractivity contribution in [3.05, 3.63) is 21.9 Å². The fourth-order valence-corrected chi connectivity index (χ4v) is 3.30. The molecule has 0 saturated heterocycles. The van der Waals surface area contributed by atoms with Crippen LogP contribution < -0.4 is 0 Å². The van der Waals surface area contributed by atoms with E-state index in [9.17, 15) is 4.79 Å². The van der Waals surface area contributed by atoms with Crippen LogP contribution in [0.15, 0.2) is 12.1 Å². The van der Waals surface area contributed by atoms with E-state index in [-0.39, 0.29) is 0 Å². The van der Waals surface area contributed by atoms with E-state index < -0.39 is 5.97 Å². The van der Waals surface area contributed by atoms with Crippen LogP contribution in [0.3, 0.4) is 0 Å². The van der Waals surface area contributed by atoms with Crippen LogP contribution in [0.25, 0.3) is 0 Å². The SMILES string of the molecule is CCCCCCCCCCCCc1ccc(C(=O)O)s1. The predicted molar refractivity (Wildman–Crippen MR) is 86.8 cm³/mol. The Morgan fingerprint density at radius 2 is 1.50 bits per heavy atom. The average Bonchev–Trinajstić information content (AvgIpc) is 2.90. The number of unbranched alkanes of at least 4 members (excludes halogenated alkanes) is 9. The van der Waals surface area contributed by atoms with Crippen molar-refractivity contribution in [1.29, 1.82) is 0 Å². The molecule has 20 heavy (non-hydrogen) atoms. The van der Waals surface area contributed by atoms with Gasteiger partial charge in [0.05, 0.1) is 0 Å². The lowest BCUT2D eigenvalue weighted by molar-refractivity contribution is 0.0702. The topological polar surface area (TPSA) is 37.3 Å². The van der Waals surface area contributed by atoms with Gasteiger partial charge in [0.1, 0.15) is 4.88 Å². The van der Waals surface area contributed by atoms with Gasteiger partial charge in [-0.15, -0.1) is 11.3 Å². The van der Waals surface area contributed by atoms with E-state index in [0.717, 1.165) is 6.42 Å². The highest BCUT2D eigenvalue weighted by molar-refractivity contribution is 7.13.